The molecular formula is C13H18O3. The lowest BCUT2D eigenvalue weighted by atomic mass is 9.90. The normalized spacial score (nSPS) is 25.0. The molecule has 1 atom stereocenters. The maximum absolute atomic E-state index is 11.8. The van der Waals surface area contributed by atoms with Crippen LogP contribution in [0.15, 0.2) is 23.5 Å². The highest BCUT2D eigenvalue weighted by atomic mass is 16.6. The summed E-state index contributed by atoms with van der Waals surface area (Å²) in [6.07, 6.45) is 3.51. The van der Waals surface area contributed by atoms with E-state index in [1.54, 1.807) is 0 Å². The number of esters is 1. The van der Waals surface area contributed by atoms with Crippen molar-refractivity contribution in [2.75, 3.05) is 0 Å². The highest BCUT2D eigenvalue weighted by Crippen LogP contribution is 2.46. The first-order chi connectivity index (χ1) is 7.48. The van der Waals surface area contributed by atoms with Gasteiger partial charge in [0.15, 0.2) is 5.60 Å². The second kappa shape index (κ2) is 3.65. The smallest absolute Gasteiger partial charge is 0.339 e. The van der Waals surface area contributed by atoms with Gasteiger partial charge in [0.2, 0.25) is 0 Å². The zero-order chi connectivity index (χ0) is 11.9. The minimum absolute atomic E-state index is 0.132. The van der Waals surface area contributed by atoms with Crippen molar-refractivity contribution in [3.05, 3.63) is 23.5 Å². The van der Waals surface area contributed by atoms with Crippen LogP contribution in [-0.4, -0.2) is 16.7 Å². The van der Waals surface area contributed by atoms with Crippen molar-refractivity contribution in [2.24, 2.45) is 5.92 Å². The highest BCUT2D eigenvalue weighted by Gasteiger charge is 2.50. The van der Waals surface area contributed by atoms with Crippen LogP contribution in [0.2, 0.25) is 0 Å². The second-order valence-electron chi connectivity index (χ2n) is 4.92. The Kier molecular flexibility index (Phi) is 2.56. The largest absolute Gasteiger partial charge is 0.507 e. The molecule has 2 rings (SSSR count). The Bertz CT molecular complexity index is 373. The fraction of sp³-hybridized carbons (Fsp3) is 0.615. The van der Waals surface area contributed by atoms with E-state index in [-0.39, 0.29) is 17.6 Å². The monoisotopic (exact) mass is 222 g/mol. The van der Waals surface area contributed by atoms with Gasteiger partial charge < -0.3 is 9.84 Å². The standard InChI is InChI=1S/C13H18O3/c1-8(2)9(3)10-11(14)13(16-12(10)15)6-4-5-7-13/h9,14H,1,4-7H2,2-3H3. The number of hydrogen-bond donors (Lipinski definition) is 1. The number of carbonyl (C=O) groups is 1. The number of aliphatic hydroxyl groups is 1. The first-order valence-electron chi connectivity index (χ1n) is 5.80. The average Bonchev–Trinajstić information content (AvgIpc) is 2.75. The van der Waals surface area contributed by atoms with E-state index in [9.17, 15) is 9.90 Å². The zero-order valence-electron chi connectivity index (χ0n) is 9.88. The Balaban J connectivity index is 2.39. The van der Waals surface area contributed by atoms with Crippen LogP contribution in [0.1, 0.15) is 39.5 Å². The third-order valence-corrected chi connectivity index (χ3v) is 3.78. The Morgan fingerprint density at radius 1 is 1.50 bits per heavy atom. The average molecular weight is 222 g/mol. The van der Waals surface area contributed by atoms with Crippen LogP contribution in [0.5, 0.6) is 0 Å². The van der Waals surface area contributed by atoms with E-state index in [0.29, 0.717) is 5.57 Å². The summed E-state index contributed by atoms with van der Waals surface area (Å²) in [7, 11) is 0. The van der Waals surface area contributed by atoms with Crippen molar-refractivity contribution in [1.29, 1.82) is 0 Å². The van der Waals surface area contributed by atoms with Crippen LogP contribution in [0.25, 0.3) is 0 Å². The summed E-state index contributed by atoms with van der Waals surface area (Å²) >= 11 is 0. The van der Waals surface area contributed by atoms with Gasteiger partial charge in [-0.3, -0.25) is 0 Å². The third kappa shape index (κ3) is 1.46. The molecule has 0 aromatic heterocycles. The lowest BCUT2D eigenvalue weighted by molar-refractivity contribution is -0.148. The highest BCUT2D eigenvalue weighted by molar-refractivity contribution is 5.93. The molecule has 88 valence electrons. The van der Waals surface area contributed by atoms with Gasteiger partial charge in [0.25, 0.3) is 0 Å². The molecule has 0 radical (unpaired) electrons. The Morgan fingerprint density at radius 3 is 2.56 bits per heavy atom. The lowest BCUT2D eigenvalue weighted by Gasteiger charge is -2.21. The molecule has 1 aliphatic carbocycles. The summed E-state index contributed by atoms with van der Waals surface area (Å²) in [5.41, 5.74) is 0.582. The lowest BCUT2D eigenvalue weighted by Crippen LogP contribution is -2.27. The first kappa shape index (κ1) is 11.2. The number of carbonyl (C=O) groups excluding carboxylic acids is 1. The molecule has 1 unspecified atom stereocenters. The van der Waals surface area contributed by atoms with Gasteiger partial charge in [-0.1, -0.05) is 19.1 Å². The molecule has 2 aliphatic rings. The van der Waals surface area contributed by atoms with Crippen LogP contribution in [0.4, 0.5) is 0 Å². The van der Waals surface area contributed by atoms with Gasteiger partial charge >= 0.3 is 5.97 Å². The molecule has 0 aromatic carbocycles. The van der Waals surface area contributed by atoms with Gasteiger partial charge in [0.1, 0.15) is 5.76 Å². The molecule has 1 heterocycles. The number of aliphatic hydroxyl groups excluding tert-OH is 1. The molecule has 1 N–H and O–H groups in total. The van der Waals surface area contributed by atoms with Crippen LogP contribution in [-0.2, 0) is 9.53 Å². The van der Waals surface area contributed by atoms with Crippen molar-refractivity contribution in [3.8, 4) is 0 Å². The predicted molar refractivity (Wildman–Crippen MR) is 60.9 cm³/mol. The second-order valence-corrected chi connectivity index (χ2v) is 4.92. The van der Waals surface area contributed by atoms with Crippen molar-refractivity contribution >= 4 is 5.97 Å². The summed E-state index contributed by atoms with van der Waals surface area (Å²) in [6.45, 7) is 7.57. The summed E-state index contributed by atoms with van der Waals surface area (Å²) in [5, 5.41) is 10.2. The summed E-state index contributed by atoms with van der Waals surface area (Å²) in [6, 6.07) is 0. The molecule has 0 amide bonds. The summed E-state index contributed by atoms with van der Waals surface area (Å²) in [4.78, 5) is 11.8. The van der Waals surface area contributed by atoms with Crippen molar-refractivity contribution < 1.29 is 14.6 Å². The Labute approximate surface area is 95.8 Å². The maximum atomic E-state index is 11.8. The molecule has 0 bridgehead atoms. The molecule has 1 aliphatic heterocycles. The Hall–Kier alpha value is -1.25. The molecule has 16 heavy (non-hydrogen) atoms. The van der Waals surface area contributed by atoms with Crippen molar-refractivity contribution in [3.63, 3.8) is 0 Å². The third-order valence-electron chi connectivity index (χ3n) is 3.78. The quantitative estimate of drug-likeness (QED) is 0.577. The molecule has 1 saturated carbocycles. The van der Waals surface area contributed by atoms with E-state index in [2.05, 4.69) is 6.58 Å². The van der Waals surface area contributed by atoms with E-state index < -0.39 is 5.60 Å². The molecule has 3 nitrogen and oxygen atoms in total. The van der Waals surface area contributed by atoms with Crippen LogP contribution < -0.4 is 0 Å². The SMILES string of the molecule is C=C(C)C(C)C1=C(O)C2(CCCC2)OC1=O. The number of allylic oxidation sites excluding steroid dienone is 1. The van der Waals surface area contributed by atoms with Crippen molar-refractivity contribution in [2.45, 2.75) is 45.1 Å². The molecule has 1 spiro atoms. The number of hydrogen-bond acceptors (Lipinski definition) is 3. The van der Waals surface area contributed by atoms with Gasteiger partial charge in [-0.05, 0) is 32.6 Å². The molecule has 3 heteroatoms. The predicted octanol–water partition coefficient (Wildman–Crippen LogP) is 2.88. The van der Waals surface area contributed by atoms with Crippen molar-refractivity contribution in [1.82, 2.24) is 0 Å². The van der Waals surface area contributed by atoms with Crippen LogP contribution in [0, 0.1) is 5.92 Å². The molecule has 0 saturated heterocycles. The maximum Gasteiger partial charge on any atom is 0.339 e. The van der Waals surface area contributed by atoms with E-state index in [1.165, 1.54) is 0 Å². The summed E-state index contributed by atoms with van der Waals surface area (Å²) in [5.74, 6) is -0.340. The van der Waals surface area contributed by atoms with E-state index in [4.69, 9.17) is 4.74 Å². The van der Waals surface area contributed by atoms with Crippen LogP contribution in [0.3, 0.4) is 0 Å². The minimum atomic E-state index is -0.698. The van der Waals surface area contributed by atoms with E-state index in [1.807, 2.05) is 13.8 Å². The van der Waals surface area contributed by atoms with E-state index >= 15 is 0 Å². The first-order valence-corrected chi connectivity index (χ1v) is 5.80. The van der Waals surface area contributed by atoms with E-state index in [0.717, 1.165) is 31.3 Å². The molecule has 0 aromatic rings. The molecular weight excluding hydrogens is 204 g/mol. The van der Waals surface area contributed by atoms with Gasteiger partial charge in [0, 0.05) is 5.92 Å². The van der Waals surface area contributed by atoms with Gasteiger partial charge in [-0.25, -0.2) is 4.79 Å². The van der Waals surface area contributed by atoms with Gasteiger partial charge in [-0.15, -0.1) is 0 Å². The number of rotatable bonds is 2. The minimum Gasteiger partial charge on any atom is -0.507 e. The molecule has 1 fully saturated rings. The van der Waals surface area contributed by atoms with Crippen LogP contribution >= 0.6 is 0 Å². The fourth-order valence-corrected chi connectivity index (χ4v) is 2.54. The fourth-order valence-electron chi connectivity index (χ4n) is 2.54. The topological polar surface area (TPSA) is 46.5 Å². The Morgan fingerprint density at radius 2 is 2.06 bits per heavy atom. The summed E-state index contributed by atoms with van der Waals surface area (Å²) < 4.78 is 5.40. The number of ether oxygens (including phenoxy) is 1. The zero-order valence-corrected chi connectivity index (χ0v) is 9.88. The van der Waals surface area contributed by atoms with Gasteiger partial charge in [0.05, 0.1) is 5.57 Å². The van der Waals surface area contributed by atoms with Gasteiger partial charge in [-0.2, -0.15) is 0 Å².